The van der Waals surface area contributed by atoms with Gasteiger partial charge < -0.3 is 6.53 Å². The van der Waals surface area contributed by atoms with E-state index in [0.29, 0.717) is 5.52 Å². The molecule has 0 aliphatic rings. The summed E-state index contributed by atoms with van der Waals surface area (Å²) >= 11 is 0. The molecule has 0 atom stereocenters. The Hall–Kier alpha value is -0.973. The van der Waals surface area contributed by atoms with Crippen LogP contribution in [-0.4, -0.2) is 10.1 Å². The van der Waals surface area contributed by atoms with Crippen LogP contribution in [0.3, 0.4) is 0 Å². The number of benzene rings is 1. The zero-order valence-corrected chi connectivity index (χ0v) is 7.78. The van der Waals surface area contributed by atoms with Crippen LogP contribution in [0.2, 0.25) is 0 Å². The molecule has 1 aromatic carbocycles. The number of aromatic nitrogens is 1. The van der Waals surface area contributed by atoms with E-state index in [9.17, 15) is 5.11 Å². The Balaban J connectivity index is 0.000000845. The standard InChI is InChI=1S/C10H9NO.Li.H/c1-7-5-6-8-3-2-4-9(12)10(8)11-7;;/h2-6,12H,1H3;;/q;+1;-1. The fraction of sp³-hybridized carbons (Fsp3) is 0.100. The maximum atomic E-state index is 9.43. The van der Waals surface area contributed by atoms with Crippen molar-refractivity contribution >= 4 is 10.9 Å². The van der Waals surface area contributed by atoms with Gasteiger partial charge in [-0.2, -0.15) is 0 Å². The van der Waals surface area contributed by atoms with Crippen LogP contribution in [0, 0.1) is 6.92 Å². The normalized spacial score (nSPS) is 9.62. The smallest absolute Gasteiger partial charge is 1.00 e. The maximum absolute atomic E-state index is 9.43. The van der Waals surface area contributed by atoms with Crippen molar-refractivity contribution < 1.29 is 25.4 Å². The van der Waals surface area contributed by atoms with E-state index in [-0.39, 0.29) is 26.0 Å². The summed E-state index contributed by atoms with van der Waals surface area (Å²) in [6.07, 6.45) is 0. The third-order valence-corrected chi connectivity index (χ3v) is 1.84. The van der Waals surface area contributed by atoms with Crippen LogP contribution in [0.15, 0.2) is 30.3 Å². The Morgan fingerprint density at radius 1 is 1.23 bits per heavy atom. The second-order valence-corrected chi connectivity index (χ2v) is 2.80. The zero-order valence-electron chi connectivity index (χ0n) is 8.78. The van der Waals surface area contributed by atoms with Gasteiger partial charge in [-0.3, -0.25) is 0 Å². The van der Waals surface area contributed by atoms with Gasteiger partial charge in [-0.1, -0.05) is 18.2 Å². The van der Waals surface area contributed by atoms with Gasteiger partial charge in [0.05, 0.1) is 0 Å². The van der Waals surface area contributed by atoms with Crippen molar-refractivity contribution in [3.8, 4) is 5.75 Å². The van der Waals surface area contributed by atoms with Crippen molar-refractivity contribution in [2.24, 2.45) is 0 Å². The Bertz CT molecular complexity index is 433. The van der Waals surface area contributed by atoms with Crippen LogP contribution < -0.4 is 18.9 Å². The van der Waals surface area contributed by atoms with Crippen molar-refractivity contribution in [3.05, 3.63) is 36.0 Å². The molecule has 0 radical (unpaired) electrons. The number of para-hydroxylation sites is 1. The Morgan fingerprint density at radius 3 is 2.77 bits per heavy atom. The minimum atomic E-state index is 0. The SMILES string of the molecule is Cc1ccc2cccc(O)c2n1.[H-].[Li+]. The van der Waals surface area contributed by atoms with Gasteiger partial charge in [0.1, 0.15) is 11.3 Å². The fourth-order valence-corrected chi connectivity index (χ4v) is 1.23. The van der Waals surface area contributed by atoms with Crippen molar-refractivity contribution in [2.45, 2.75) is 6.92 Å². The average Bonchev–Trinajstić information content (AvgIpc) is 2.07. The van der Waals surface area contributed by atoms with Crippen LogP contribution in [0.5, 0.6) is 5.75 Å². The summed E-state index contributed by atoms with van der Waals surface area (Å²) in [6, 6.07) is 9.28. The summed E-state index contributed by atoms with van der Waals surface area (Å²) in [4.78, 5) is 4.23. The minimum absolute atomic E-state index is 0. The van der Waals surface area contributed by atoms with Crippen molar-refractivity contribution in [1.82, 2.24) is 4.98 Å². The molecule has 2 aromatic rings. The molecular formula is C10H10LiNO. The van der Waals surface area contributed by atoms with E-state index in [2.05, 4.69) is 4.98 Å². The molecule has 0 saturated carbocycles. The molecule has 13 heavy (non-hydrogen) atoms. The van der Waals surface area contributed by atoms with Crippen molar-refractivity contribution in [3.63, 3.8) is 0 Å². The van der Waals surface area contributed by atoms with Gasteiger partial charge in [-0.25, -0.2) is 4.98 Å². The van der Waals surface area contributed by atoms with Crippen LogP contribution in [0.25, 0.3) is 10.9 Å². The number of phenolic OH excluding ortho intramolecular Hbond substituents is 1. The maximum Gasteiger partial charge on any atom is 1.00 e. The van der Waals surface area contributed by atoms with E-state index in [1.54, 1.807) is 6.07 Å². The molecule has 0 saturated heterocycles. The largest absolute Gasteiger partial charge is 1.00 e. The molecule has 2 nitrogen and oxygen atoms in total. The molecule has 1 N–H and O–H groups in total. The van der Waals surface area contributed by atoms with E-state index in [0.717, 1.165) is 11.1 Å². The third-order valence-electron chi connectivity index (χ3n) is 1.84. The first-order chi connectivity index (χ1) is 5.77. The van der Waals surface area contributed by atoms with Gasteiger partial charge >= 0.3 is 18.9 Å². The quantitative estimate of drug-likeness (QED) is 0.530. The number of hydrogen-bond acceptors (Lipinski definition) is 2. The number of aromatic hydroxyl groups is 1. The molecule has 1 heterocycles. The Kier molecular flexibility index (Phi) is 2.97. The van der Waals surface area contributed by atoms with Gasteiger partial charge in [0, 0.05) is 11.1 Å². The zero-order chi connectivity index (χ0) is 8.55. The summed E-state index contributed by atoms with van der Waals surface area (Å²) in [5.74, 6) is 0.246. The van der Waals surface area contributed by atoms with E-state index < -0.39 is 0 Å². The molecule has 3 heteroatoms. The average molecular weight is 167 g/mol. The van der Waals surface area contributed by atoms with Crippen molar-refractivity contribution in [2.75, 3.05) is 0 Å². The number of pyridine rings is 1. The number of rotatable bonds is 0. The van der Waals surface area contributed by atoms with E-state index in [1.807, 2.05) is 31.2 Å². The number of aryl methyl sites for hydroxylation is 1. The van der Waals surface area contributed by atoms with Crippen LogP contribution >= 0.6 is 0 Å². The molecule has 0 bridgehead atoms. The first-order valence-electron chi connectivity index (χ1n) is 3.83. The first-order valence-corrected chi connectivity index (χ1v) is 3.83. The van der Waals surface area contributed by atoms with Gasteiger partial charge in [-0.15, -0.1) is 0 Å². The van der Waals surface area contributed by atoms with Crippen LogP contribution in [0.4, 0.5) is 0 Å². The molecule has 0 spiro atoms. The van der Waals surface area contributed by atoms with Gasteiger partial charge in [-0.05, 0) is 19.1 Å². The molecule has 0 amide bonds. The summed E-state index contributed by atoms with van der Waals surface area (Å²) in [6.45, 7) is 1.91. The molecule has 0 unspecified atom stereocenters. The Morgan fingerprint density at radius 2 is 2.00 bits per heavy atom. The molecule has 1 aromatic heterocycles. The molecular weight excluding hydrogens is 157 g/mol. The predicted octanol–water partition coefficient (Wildman–Crippen LogP) is -0.635. The minimum Gasteiger partial charge on any atom is -1.00 e. The molecule has 2 rings (SSSR count). The fourth-order valence-electron chi connectivity index (χ4n) is 1.23. The van der Waals surface area contributed by atoms with Gasteiger partial charge in [0.25, 0.3) is 0 Å². The van der Waals surface area contributed by atoms with Crippen molar-refractivity contribution in [1.29, 1.82) is 0 Å². The molecule has 62 valence electrons. The molecule has 0 aliphatic carbocycles. The van der Waals surface area contributed by atoms with Crippen LogP contribution in [0.1, 0.15) is 7.12 Å². The summed E-state index contributed by atoms with van der Waals surface area (Å²) in [7, 11) is 0. The van der Waals surface area contributed by atoms with Gasteiger partial charge in [0.2, 0.25) is 0 Å². The number of phenols is 1. The van der Waals surface area contributed by atoms with E-state index in [1.165, 1.54) is 0 Å². The van der Waals surface area contributed by atoms with Gasteiger partial charge in [0.15, 0.2) is 0 Å². The molecule has 0 aliphatic heterocycles. The number of nitrogens with zero attached hydrogens (tertiary/aromatic N) is 1. The predicted molar refractivity (Wildman–Crippen MR) is 49.3 cm³/mol. The van der Waals surface area contributed by atoms with E-state index >= 15 is 0 Å². The topological polar surface area (TPSA) is 33.1 Å². The second kappa shape index (κ2) is 3.82. The summed E-state index contributed by atoms with van der Waals surface area (Å²) < 4.78 is 0. The number of fused-ring (bicyclic) bond motifs is 1. The monoisotopic (exact) mass is 167 g/mol. The second-order valence-electron chi connectivity index (χ2n) is 2.80. The summed E-state index contributed by atoms with van der Waals surface area (Å²) in [5, 5.41) is 10.4. The molecule has 0 fully saturated rings. The van der Waals surface area contributed by atoms with E-state index in [4.69, 9.17) is 0 Å². The van der Waals surface area contributed by atoms with Crippen LogP contribution in [-0.2, 0) is 0 Å². The Labute approximate surface area is 90.3 Å². The number of hydrogen-bond donors (Lipinski definition) is 1. The first kappa shape index (κ1) is 10.1. The summed E-state index contributed by atoms with van der Waals surface area (Å²) in [5.41, 5.74) is 1.60. The third kappa shape index (κ3) is 1.85.